The standard InChI is InChI=1S/C16H12N4.C16H9N3.C15H13N5/c1-13-4-2-6-15(19-13)9-8-14-5-3-7-16(10-14)20-12-17-11-18-20;1-12-3-2-4-16(19-12)8-6-13-5-7-14(10-17)15(9-13)11-18;1-11-4-2-7-14(16-11)9-8-12-5-3-6-13(10-12)15-17-19-20-18-15/h2-7,10-12H,1H3;2-5,7,9H,1H3;2-10H,1H3,(H,17,18,19,20). The molecule has 59 heavy (non-hydrogen) atoms. The first-order chi connectivity index (χ1) is 28.8. The molecular weight excluding hydrogens is 733 g/mol. The normalized spacial score (nSPS) is 9.92. The van der Waals surface area contributed by atoms with Gasteiger partial charge in [0.05, 0.1) is 22.5 Å². The molecule has 8 rings (SSSR count). The Labute approximate surface area is 341 Å². The predicted molar refractivity (Wildman–Crippen MR) is 225 cm³/mol. The largest absolute Gasteiger partial charge is 0.254 e. The minimum Gasteiger partial charge on any atom is -0.254 e. The molecule has 0 saturated heterocycles. The van der Waals surface area contributed by atoms with Gasteiger partial charge in [-0.2, -0.15) is 20.8 Å². The van der Waals surface area contributed by atoms with Gasteiger partial charge in [-0.3, -0.25) is 4.98 Å². The number of H-pyrrole nitrogens is 1. The third kappa shape index (κ3) is 12.1. The van der Waals surface area contributed by atoms with E-state index in [1.165, 1.54) is 6.33 Å². The van der Waals surface area contributed by atoms with Crippen LogP contribution >= 0.6 is 0 Å². The highest BCUT2D eigenvalue weighted by Crippen LogP contribution is 2.17. The highest BCUT2D eigenvalue weighted by molar-refractivity contribution is 5.71. The molecule has 282 valence electrons. The predicted octanol–water partition coefficient (Wildman–Crippen LogP) is 7.64. The lowest BCUT2D eigenvalue weighted by Gasteiger charge is -2.00. The fourth-order valence-corrected chi connectivity index (χ4v) is 5.28. The second-order valence-corrected chi connectivity index (χ2v) is 12.6. The Hall–Kier alpha value is -8.84. The maximum absolute atomic E-state index is 8.93. The van der Waals surface area contributed by atoms with Crippen molar-refractivity contribution in [1.29, 1.82) is 10.5 Å². The minimum atomic E-state index is 0.339. The average molecular weight is 767 g/mol. The molecule has 5 aromatic heterocycles. The molecule has 0 spiro atoms. The molecule has 3 aromatic carbocycles. The molecule has 0 bridgehead atoms. The Morgan fingerprint density at radius 1 is 0.610 bits per heavy atom. The van der Waals surface area contributed by atoms with Gasteiger partial charge in [-0.1, -0.05) is 60.4 Å². The highest BCUT2D eigenvalue weighted by atomic mass is 15.5. The summed E-state index contributed by atoms with van der Waals surface area (Å²) < 4.78 is 1.70. The summed E-state index contributed by atoms with van der Waals surface area (Å²) in [6.07, 6.45) is 7.18. The zero-order chi connectivity index (χ0) is 41.2. The van der Waals surface area contributed by atoms with Crippen LogP contribution in [0, 0.1) is 67.1 Å². The van der Waals surface area contributed by atoms with E-state index in [2.05, 4.69) is 69.3 Å². The number of nitrogens with zero attached hydrogens (tertiary/aromatic N) is 11. The second kappa shape index (κ2) is 20.2. The Bertz CT molecular complexity index is 2910. The van der Waals surface area contributed by atoms with E-state index in [0.29, 0.717) is 28.2 Å². The summed E-state index contributed by atoms with van der Waals surface area (Å²) in [5, 5.41) is 35.8. The van der Waals surface area contributed by atoms with Gasteiger partial charge in [-0.25, -0.2) is 19.6 Å². The average Bonchev–Trinajstić information content (AvgIpc) is 4.02. The molecule has 0 aliphatic heterocycles. The van der Waals surface area contributed by atoms with Gasteiger partial charge in [-0.05, 0) is 128 Å². The fourth-order valence-electron chi connectivity index (χ4n) is 5.28. The van der Waals surface area contributed by atoms with Gasteiger partial charge in [0.15, 0.2) is 0 Å². The van der Waals surface area contributed by atoms with E-state index in [1.807, 2.05) is 148 Å². The maximum atomic E-state index is 8.93. The van der Waals surface area contributed by atoms with Crippen molar-refractivity contribution in [2.45, 2.75) is 20.8 Å². The molecule has 5 heterocycles. The zero-order valence-electron chi connectivity index (χ0n) is 32.3. The number of rotatable bonds is 4. The summed E-state index contributed by atoms with van der Waals surface area (Å²) in [5.41, 5.74) is 10.5. The Kier molecular flexibility index (Phi) is 13.6. The van der Waals surface area contributed by atoms with Crippen LogP contribution in [-0.2, 0) is 0 Å². The lowest BCUT2D eigenvalue weighted by Crippen LogP contribution is -1.94. The van der Waals surface area contributed by atoms with Crippen molar-refractivity contribution >= 4 is 12.2 Å². The molecule has 0 unspecified atom stereocenters. The quantitative estimate of drug-likeness (QED) is 0.176. The van der Waals surface area contributed by atoms with Crippen molar-refractivity contribution in [1.82, 2.24) is 50.3 Å². The van der Waals surface area contributed by atoms with Crippen LogP contribution in [0.15, 0.2) is 134 Å². The lowest BCUT2D eigenvalue weighted by atomic mass is 10.1. The first-order valence-corrected chi connectivity index (χ1v) is 18.1. The summed E-state index contributed by atoms with van der Waals surface area (Å²) >= 11 is 0. The molecule has 0 amide bonds. The van der Waals surface area contributed by atoms with E-state index in [0.717, 1.165) is 50.8 Å². The molecule has 0 aliphatic rings. The number of aromatic amines is 1. The summed E-state index contributed by atoms with van der Waals surface area (Å²) in [5.74, 6) is 12.7. The van der Waals surface area contributed by atoms with E-state index in [4.69, 9.17) is 10.5 Å². The van der Waals surface area contributed by atoms with Crippen molar-refractivity contribution in [3.63, 3.8) is 0 Å². The van der Waals surface area contributed by atoms with Crippen molar-refractivity contribution < 1.29 is 0 Å². The van der Waals surface area contributed by atoms with E-state index < -0.39 is 0 Å². The van der Waals surface area contributed by atoms with Crippen LogP contribution in [-0.4, -0.2) is 50.3 Å². The van der Waals surface area contributed by atoms with Gasteiger partial charge >= 0.3 is 0 Å². The summed E-state index contributed by atoms with van der Waals surface area (Å²) in [4.78, 5) is 17.0. The number of benzene rings is 3. The smallest absolute Gasteiger partial charge is 0.204 e. The van der Waals surface area contributed by atoms with Gasteiger partial charge in [-0.15, -0.1) is 10.2 Å². The molecule has 12 heteroatoms. The molecule has 8 aromatic rings. The number of nitriles is 2. The summed E-state index contributed by atoms with van der Waals surface area (Å²) in [6, 6.07) is 42.1. The van der Waals surface area contributed by atoms with Gasteiger partial charge < -0.3 is 0 Å². The highest BCUT2D eigenvalue weighted by Gasteiger charge is 2.03. The Morgan fingerprint density at radius 3 is 1.90 bits per heavy atom. The molecule has 12 nitrogen and oxygen atoms in total. The molecule has 0 saturated carbocycles. The number of hydrogen-bond acceptors (Lipinski definition) is 10. The van der Waals surface area contributed by atoms with Crippen molar-refractivity contribution in [2.24, 2.45) is 0 Å². The van der Waals surface area contributed by atoms with Crippen LogP contribution in [0.2, 0.25) is 0 Å². The van der Waals surface area contributed by atoms with Crippen LogP contribution in [0.25, 0.3) is 29.2 Å². The van der Waals surface area contributed by atoms with Crippen molar-refractivity contribution in [3.05, 3.63) is 196 Å². The van der Waals surface area contributed by atoms with Crippen LogP contribution in [0.3, 0.4) is 0 Å². The van der Waals surface area contributed by atoms with Crippen LogP contribution in [0.1, 0.15) is 62.0 Å². The zero-order valence-corrected chi connectivity index (χ0v) is 32.3. The maximum Gasteiger partial charge on any atom is 0.204 e. The first-order valence-electron chi connectivity index (χ1n) is 18.1. The fraction of sp³-hybridized carbons (Fsp3) is 0.0638. The van der Waals surface area contributed by atoms with Crippen molar-refractivity contribution in [2.75, 3.05) is 0 Å². The Balaban J connectivity index is 0.000000149. The SMILES string of the molecule is Cc1cccc(C#Cc2ccc(C#N)c(C#N)c2)n1.Cc1cccc(C#Cc2cccc(-n3cncn3)c2)n1.Cc1cccc(C=Cc2cccc(-c3nn[nH]n3)c2)n1. The molecule has 0 aliphatic carbocycles. The monoisotopic (exact) mass is 766 g/mol. The van der Waals surface area contributed by atoms with Crippen LogP contribution in [0.5, 0.6) is 0 Å². The van der Waals surface area contributed by atoms with Gasteiger partial charge in [0.2, 0.25) is 5.82 Å². The van der Waals surface area contributed by atoms with Crippen molar-refractivity contribution in [3.8, 4) is 52.9 Å². The number of nitrogens with one attached hydrogen (secondary N) is 1. The first kappa shape index (κ1) is 39.8. The van der Waals surface area contributed by atoms with E-state index in [-0.39, 0.29) is 0 Å². The van der Waals surface area contributed by atoms with E-state index in [1.54, 1.807) is 29.2 Å². The molecule has 0 radical (unpaired) electrons. The number of aryl methyl sites for hydroxylation is 3. The topological polar surface area (TPSA) is 171 Å². The molecule has 0 atom stereocenters. The molecular formula is C47H34N12. The number of pyridine rings is 3. The number of aromatic nitrogens is 10. The third-order valence-electron chi connectivity index (χ3n) is 8.08. The van der Waals surface area contributed by atoms with Gasteiger partial charge in [0.25, 0.3) is 0 Å². The van der Waals surface area contributed by atoms with Gasteiger partial charge in [0, 0.05) is 33.8 Å². The van der Waals surface area contributed by atoms with Crippen LogP contribution in [0.4, 0.5) is 0 Å². The molecule has 1 N–H and O–H groups in total. The van der Waals surface area contributed by atoms with Crippen LogP contribution < -0.4 is 0 Å². The lowest BCUT2D eigenvalue weighted by molar-refractivity contribution is 0.878. The third-order valence-corrected chi connectivity index (χ3v) is 8.08. The molecule has 0 fully saturated rings. The minimum absolute atomic E-state index is 0.339. The Morgan fingerprint density at radius 2 is 1.27 bits per heavy atom. The number of hydrogen-bond donors (Lipinski definition) is 1. The van der Waals surface area contributed by atoms with E-state index in [9.17, 15) is 0 Å². The number of tetrazole rings is 1. The van der Waals surface area contributed by atoms with Gasteiger partial charge in [0.1, 0.15) is 36.2 Å². The summed E-state index contributed by atoms with van der Waals surface area (Å²) in [7, 11) is 0. The summed E-state index contributed by atoms with van der Waals surface area (Å²) in [6.45, 7) is 5.84. The second-order valence-electron chi connectivity index (χ2n) is 12.6. The van der Waals surface area contributed by atoms with E-state index >= 15 is 0 Å².